The lowest BCUT2D eigenvalue weighted by Crippen LogP contribution is -2.36. The lowest BCUT2D eigenvalue weighted by Gasteiger charge is -2.14. The van der Waals surface area contributed by atoms with E-state index in [2.05, 4.69) is 10.6 Å². The molecule has 2 atom stereocenters. The molecular formula is C16H23ClFN3O2. The average Bonchev–Trinajstić information content (AvgIpc) is 2.89. The molecule has 0 heterocycles. The number of halogens is 2. The van der Waals surface area contributed by atoms with Gasteiger partial charge in [0.25, 0.3) is 5.91 Å². The van der Waals surface area contributed by atoms with Crippen molar-refractivity contribution in [2.45, 2.75) is 31.7 Å². The molecule has 1 aromatic rings. The Bertz CT molecular complexity index is 525. The highest BCUT2D eigenvalue weighted by Gasteiger charge is 2.25. The number of amides is 2. The van der Waals surface area contributed by atoms with Crippen LogP contribution in [0.15, 0.2) is 24.3 Å². The van der Waals surface area contributed by atoms with Gasteiger partial charge in [-0.15, -0.1) is 12.4 Å². The largest absolute Gasteiger partial charge is 0.354 e. The van der Waals surface area contributed by atoms with Gasteiger partial charge in [0.15, 0.2) is 0 Å². The van der Waals surface area contributed by atoms with Crippen molar-refractivity contribution in [3.63, 3.8) is 0 Å². The fourth-order valence-corrected chi connectivity index (χ4v) is 2.71. The molecule has 0 saturated heterocycles. The van der Waals surface area contributed by atoms with Crippen LogP contribution in [0.4, 0.5) is 4.39 Å². The Morgan fingerprint density at radius 2 is 1.78 bits per heavy atom. The molecule has 0 aliphatic heterocycles. The zero-order valence-electron chi connectivity index (χ0n) is 12.9. The smallest absolute Gasteiger partial charge is 0.251 e. The van der Waals surface area contributed by atoms with E-state index in [4.69, 9.17) is 5.73 Å². The number of nitrogens with two attached hydrogens (primary N) is 1. The van der Waals surface area contributed by atoms with Gasteiger partial charge >= 0.3 is 0 Å². The predicted octanol–water partition coefficient (Wildman–Crippen LogP) is 1.61. The number of carbonyl (C=O) groups is 2. The van der Waals surface area contributed by atoms with Crippen LogP contribution >= 0.6 is 12.4 Å². The number of carbonyl (C=O) groups excluding carboxylic acids is 2. The Morgan fingerprint density at radius 1 is 1.13 bits per heavy atom. The molecule has 4 N–H and O–H groups in total. The van der Waals surface area contributed by atoms with Crippen LogP contribution in [0.3, 0.4) is 0 Å². The predicted molar refractivity (Wildman–Crippen MR) is 88.9 cm³/mol. The zero-order valence-corrected chi connectivity index (χ0v) is 13.7. The van der Waals surface area contributed by atoms with Crippen molar-refractivity contribution in [2.75, 3.05) is 13.1 Å². The third kappa shape index (κ3) is 6.15. The van der Waals surface area contributed by atoms with Gasteiger partial charge in [0.1, 0.15) is 5.82 Å². The number of benzene rings is 1. The molecule has 23 heavy (non-hydrogen) atoms. The molecule has 0 spiro atoms. The maximum atomic E-state index is 12.8. The van der Waals surface area contributed by atoms with Crippen molar-refractivity contribution in [1.82, 2.24) is 10.6 Å². The average molecular weight is 344 g/mol. The maximum Gasteiger partial charge on any atom is 0.251 e. The van der Waals surface area contributed by atoms with Crippen molar-refractivity contribution in [3.8, 4) is 0 Å². The maximum absolute atomic E-state index is 12.8. The van der Waals surface area contributed by atoms with Gasteiger partial charge in [-0.1, -0.05) is 6.42 Å². The van der Waals surface area contributed by atoms with E-state index in [0.29, 0.717) is 25.1 Å². The second kappa shape index (κ2) is 9.47. The van der Waals surface area contributed by atoms with Gasteiger partial charge in [0.05, 0.1) is 0 Å². The second-order valence-corrected chi connectivity index (χ2v) is 5.67. The highest BCUT2D eigenvalue weighted by molar-refractivity contribution is 5.94. The molecule has 1 aromatic carbocycles. The van der Waals surface area contributed by atoms with Gasteiger partial charge in [-0.2, -0.15) is 0 Å². The van der Waals surface area contributed by atoms with Gasteiger partial charge in [0.2, 0.25) is 5.91 Å². The molecule has 1 saturated carbocycles. The number of hydrogen-bond acceptors (Lipinski definition) is 3. The molecule has 1 fully saturated rings. The SMILES string of the molecule is Cl.N[C@@H]1CCC[C@H]1CC(=O)NCCNC(=O)c1ccc(F)cc1. The van der Waals surface area contributed by atoms with E-state index in [0.717, 1.165) is 19.3 Å². The second-order valence-electron chi connectivity index (χ2n) is 5.67. The normalized spacial score (nSPS) is 19.7. The first-order valence-corrected chi connectivity index (χ1v) is 7.62. The Labute approximate surface area is 141 Å². The highest BCUT2D eigenvalue weighted by Crippen LogP contribution is 2.26. The summed E-state index contributed by atoms with van der Waals surface area (Å²) in [5, 5.41) is 5.45. The van der Waals surface area contributed by atoms with Crippen molar-refractivity contribution in [2.24, 2.45) is 11.7 Å². The van der Waals surface area contributed by atoms with E-state index in [1.807, 2.05) is 0 Å². The molecule has 0 radical (unpaired) electrons. The minimum Gasteiger partial charge on any atom is -0.354 e. The van der Waals surface area contributed by atoms with Crippen LogP contribution in [0, 0.1) is 11.7 Å². The minimum absolute atomic E-state index is 0. The van der Waals surface area contributed by atoms with Gasteiger partial charge in [0, 0.05) is 31.1 Å². The van der Waals surface area contributed by atoms with Crippen molar-refractivity contribution in [3.05, 3.63) is 35.6 Å². The summed E-state index contributed by atoms with van der Waals surface area (Å²) in [4.78, 5) is 23.5. The number of rotatable bonds is 6. The quantitative estimate of drug-likeness (QED) is 0.686. The molecule has 128 valence electrons. The first-order valence-electron chi connectivity index (χ1n) is 7.62. The molecule has 5 nitrogen and oxygen atoms in total. The van der Waals surface area contributed by atoms with Crippen LogP contribution in [-0.4, -0.2) is 30.9 Å². The third-order valence-corrected chi connectivity index (χ3v) is 4.00. The summed E-state index contributed by atoms with van der Waals surface area (Å²) in [5.74, 6) is -0.423. The van der Waals surface area contributed by atoms with E-state index >= 15 is 0 Å². The molecular weight excluding hydrogens is 321 g/mol. The van der Waals surface area contributed by atoms with Crippen molar-refractivity contribution in [1.29, 1.82) is 0 Å². The molecule has 1 aliphatic carbocycles. The summed E-state index contributed by atoms with van der Waals surface area (Å²) in [6.45, 7) is 0.701. The molecule has 7 heteroatoms. The summed E-state index contributed by atoms with van der Waals surface area (Å²) < 4.78 is 12.8. The van der Waals surface area contributed by atoms with Gasteiger partial charge in [-0.05, 0) is 43.0 Å². The molecule has 0 unspecified atom stereocenters. The van der Waals surface area contributed by atoms with Gasteiger partial charge in [-0.3, -0.25) is 9.59 Å². The number of hydrogen-bond donors (Lipinski definition) is 3. The minimum atomic E-state index is -0.381. The molecule has 1 aliphatic rings. The molecule has 0 bridgehead atoms. The van der Waals surface area contributed by atoms with Crippen LogP contribution in [0.25, 0.3) is 0 Å². The summed E-state index contributed by atoms with van der Waals surface area (Å²) in [7, 11) is 0. The van der Waals surface area contributed by atoms with Crippen molar-refractivity contribution < 1.29 is 14.0 Å². The van der Waals surface area contributed by atoms with E-state index in [1.54, 1.807) is 0 Å². The standard InChI is InChI=1S/C16H22FN3O2.ClH/c17-13-6-4-11(5-7-13)16(22)20-9-8-19-15(21)10-12-2-1-3-14(12)18;/h4-7,12,14H,1-3,8-10,18H2,(H,19,21)(H,20,22);1H/t12-,14+;/m0./s1. The molecule has 2 amide bonds. The third-order valence-electron chi connectivity index (χ3n) is 4.00. The van der Waals surface area contributed by atoms with Gasteiger partial charge < -0.3 is 16.4 Å². The van der Waals surface area contributed by atoms with Crippen LogP contribution in [-0.2, 0) is 4.79 Å². The van der Waals surface area contributed by atoms with E-state index < -0.39 is 0 Å². The van der Waals surface area contributed by atoms with Crippen molar-refractivity contribution >= 4 is 24.2 Å². The lowest BCUT2D eigenvalue weighted by atomic mass is 10.00. The Morgan fingerprint density at radius 3 is 2.39 bits per heavy atom. The molecule has 2 rings (SSSR count). The van der Waals surface area contributed by atoms with Crippen LogP contribution in [0.5, 0.6) is 0 Å². The number of nitrogens with one attached hydrogen (secondary N) is 2. The van der Waals surface area contributed by atoms with Crippen LogP contribution < -0.4 is 16.4 Å². The summed E-state index contributed by atoms with van der Waals surface area (Å²) in [5.41, 5.74) is 6.33. The zero-order chi connectivity index (χ0) is 15.9. The summed E-state index contributed by atoms with van der Waals surface area (Å²) in [6.07, 6.45) is 3.54. The summed E-state index contributed by atoms with van der Waals surface area (Å²) >= 11 is 0. The Kier molecular flexibility index (Phi) is 7.98. The first-order chi connectivity index (χ1) is 10.6. The summed E-state index contributed by atoms with van der Waals surface area (Å²) in [6, 6.07) is 5.45. The monoisotopic (exact) mass is 343 g/mol. The first kappa shape index (κ1) is 19.4. The lowest BCUT2D eigenvalue weighted by molar-refractivity contribution is -0.122. The fraction of sp³-hybridized carbons (Fsp3) is 0.500. The fourth-order valence-electron chi connectivity index (χ4n) is 2.71. The van der Waals surface area contributed by atoms with Gasteiger partial charge in [-0.25, -0.2) is 4.39 Å². The Balaban J connectivity index is 0.00000264. The molecule has 0 aromatic heterocycles. The topological polar surface area (TPSA) is 84.2 Å². The van der Waals surface area contributed by atoms with E-state index in [1.165, 1.54) is 24.3 Å². The van der Waals surface area contributed by atoms with Crippen LogP contribution in [0.2, 0.25) is 0 Å². The van der Waals surface area contributed by atoms with E-state index in [-0.39, 0.29) is 42.0 Å². The highest BCUT2D eigenvalue weighted by atomic mass is 35.5. The van der Waals surface area contributed by atoms with E-state index in [9.17, 15) is 14.0 Å². The van der Waals surface area contributed by atoms with Crippen LogP contribution in [0.1, 0.15) is 36.0 Å². The Hall–Kier alpha value is -1.66.